The number of rotatable bonds is 10. The molecule has 4 rings (SSSR count). The van der Waals surface area contributed by atoms with Crippen LogP contribution >= 0.6 is 11.3 Å². The first-order chi connectivity index (χ1) is 19.7. The summed E-state index contributed by atoms with van der Waals surface area (Å²) in [5.74, 6) is 1.21. The number of benzene rings is 2. The quantitative estimate of drug-likeness (QED) is 0.336. The fourth-order valence-electron chi connectivity index (χ4n) is 4.52. The molecule has 1 atom stereocenters. The van der Waals surface area contributed by atoms with E-state index in [4.69, 9.17) is 28.9 Å². The number of ether oxygens (including phenoxy) is 5. The molecular weight excluding hydrogens is 546 g/mol. The number of nitrogens with zero attached hydrogens (tertiary/aromatic N) is 3. The molecule has 3 aromatic rings. The van der Waals surface area contributed by atoms with Crippen LogP contribution in [-0.4, -0.2) is 44.1 Å². The lowest BCUT2D eigenvalue weighted by Gasteiger charge is -2.25. The minimum atomic E-state index is -0.825. The van der Waals surface area contributed by atoms with Crippen LogP contribution in [0.3, 0.4) is 0 Å². The predicted molar refractivity (Wildman–Crippen MR) is 153 cm³/mol. The van der Waals surface area contributed by atoms with Gasteiger partial charge in [-0.15, -0.1) is 0 Å². The van der Waals surface area contributed by atoms with Gasteiger partial charge in [0.1, 0.15) is 6.07 Å². The molecule has 2 heterocycles. The van der Waals surface area contributed by atoms with E-state index in [1.165, 1.54) is 30.1 Å². The number of aromatic nitrogens is 1. The predicted octanol–water partition coefficient (Wildman–Crippen LogP) is 3.51. The van der Waals surface area contributed by atoms with Gasteiger partial charge in [-0.25, -0.2) is 9.79 Å². The second kappa shape index (κ2) is 12.7. The molecule has 0 N–H and O–H groups in total. The lowest BCUT2D eigenvalue weighted by molar-refractivity contribution is -0.139. The summed E-state index contributed by atoms with van der Waals surface area (Å²) in [6, 6.07) is 11.7. The van der Waals surface area contributed by atoms with Gasteiger partial charge in [-0.05, 0) is 57.5 Å². The molecule has 11 heteroatoms. The molecule has 2 aromatic carbocycles. The molecule has 41 heavy (non-hydrogen) atoms. The van der Waals surface area contributed by atoms with Crippen LogP contribution in [0.1, 0.15) is 44.9 Å². The maximum Gasteiger partial charge on any atom is 0.338 e. The molecule has 0 spiro atoms. The van der Waals surface area contributed by atoms with Gasteiger partial charge in [-0.3, -0.25) is 9.36 Å². The molecule has 10 nitrogen and oxygen atoms in total. The van der Waals surface area contributed by atoms with Crippen molar-refractivity contribution in [2.24, 2.45) is 4.99 Å². The number of para-hydroxylation sites is 1. The molecule has 1 aliphatic rings. The van der Waals surface area contributed by atoms with Crippen molar-refractivity contribution >= 4 is 23.4 Å². The number of hydrogen-bond donors (Lipinski definition) is 0. The summed E-state index contributed by atoms with van der Waals surface area (Å²) in [7, 11) is 3.03. The maximum absolute atomic E-state index is 14.0. The Morgan fingerprint density at radius 3 is 2.59 bits per heavy atom. The lowest BCUT2D eigenvalue weighted by atomic mass is 9.95. The molecule has 0 aliphatic carbocycles. The summed E-state index contributed by atoms with van der Waals surface area (Å²) < 4.78 is 29.7. The third-order valence-electron chi connectivity index (χ3n) is 6.18. The number of hydrogen-bond acceptors (Lipinski definition) is 10. The van der Waals surface area contributed by atoms with E-state index >= 15 is 0 Å². The van der Waals surface area contributed by atoms with Gasteiger partial charge in [0.2, 0.25) is 0 Å². The molecule has 0 saturated carbocycles. The van der Waals surface area contributed by atoms with Crippen LogP contribution in [0.4, 0.5) is 0 Å². The Hall–Kier alpha value is -4.56. The summed E-state index contributed by atoms with van der Waals surface area (Å²) in [5.41, 5.74) is 1.53. The van der Waals surface area contributed by atoms with Crippen LogP contribution in [0.25, 0.3) is 6.08 Å². The molecular formula is C30H31N3O7S. The van der Waals surface area contributed by atoms with Crippen LogP contribution < -0.4 is 33.8 Å². The second-order valence-electron chi connectivity index (χ2n) is 9.20. The van der Waals surface area contributed by atoms with Crippen molar-refractivity contribution in [2.75, 3.05) is 27.4 Å². The number of carbonyl (C=O) groups is 1. The van der Waals surface area contributed by atoms with Gasteiger partial charge in [0.25, 0.3) is 5.56 Å². The fourth-order valence-corrected chi connectivity index (χ4v) is 5.56. The highest BCUT2D eigenvalue weighted by atomic mass is 32.1. The van der Waals surface area contributed by atoms with Gasteiger partial charge in [0.15, 0.2) is 34.4 Å². The zero-order valence-corrected chi connectivity index (χ0v) is 24.5. The molecule has 1 aromatic heterocycles. The number of esters is 1. The maximum atomic E-state index is 14.0. The van der Waals surface area contributed by atoms with Crippen molar-refractivity contribution in [3.63, 3.8) is 0 Å². The summed E-state index contributed by atoms with van der Waals surface area (Å²) in [5, 5.41) is 9.04. The van der Waals surface area contributed by atoms with Gasteiger partial charge in [-0.2, -0.15) is 5.26 Å². The molecule has 0 bridgehead atoms. The van der Waals surface area contributed by atoms with Crippen LogP contribution in [0.2, 0.25) is 0 Å². The average molecular weight is 578 g/mol. The first kappa shape index (κ1) is 29.4. The normalized spacial score (nSPS) is 14.7. The number of nitriles is 1. The topological polar surface area (TPSA) is 121 Å². The molecule has 1 aliphatic heterocycles. The van der Waals surface area contributed by atoms with Crippen LogP contribution in [0.5, 0.6) is 23.0 Å². The summed E-state index contributed by atoms with van der Waals surface area (Å²) >= 11 is 1.18. The molecule has 0 saturated heterocycles. The van der Waals surface area contributed by atoms with Gasteiger partial charge in [-0.1, -0.05) is 29.5 Å². The molecule has 0 radical (unpaired) electrons. The standard InChI is InChI=1S/C30H31N3O7S/c1-7-38-29(35)25-18(4)32-30-33(26(25)19-11-12-21(40-17(2)3)23(15-19)37-6)28(34)24(41-30)16-20-9-8-10-22(36-5)27(20)39-14-13-31/h8-12,15-17,26H,7,14H2,1-6H3/b24-16+/t26-/m0/s1. The van der Waals surface area contributed by atoms with E-state index in [-0.39, 0.29) is 30.5 Å². The number of thiazole rings is 1. The zero-order chi connectivity index (χ0) is 29.7. The van der Waals surface area contributed by atoms with Crippen molar-refractivity contribution < 1.29 is 28.5 Å². The highest BCUT2D eigenvalue weighted by Crippen LogP contribution is 2.37. The van der Waals surface area contributed by atoms with E-state index in [9.17, 15) is 9.59 Å². The average Bonchev–Trinajstić information content (AvgIpc) is 3.25. The Bertz CT molecular complexity index is 1710. The Labute approximate surface area is 241 Å². The zero-order valence-electron chi connectivity index (χ0n) is 23.7. The first-order valence-corrected chi connectivity index (χ1v) is 13.8. The van der Waals surface area contributed by atoms with Crippen LogP contribution in [0, 0.1) is 11.3 Å². The van der Waals surface area contributed by atoms with Crippen molar-refractivity contribution in [3.05, 3.63) is 78.5 Å². The third kappa shape index (κ3) is 5.98. The number of methoxy groups -OCH3 is 2. The van der Waals surface area contributed by atoms with Crippen LogP contribution in [-0.2, 0) is 9.53 Å². The number of carbonyl (C=O) groups excluding carboxylic acids is 1. The van der Waals surface area contributed by atoms with E-state index in [0.29, 0.717) is 49.2 Å². The smallest absolute Gasteiger partial charge is 0.338 e. The Balaban J connectivity index is 1.96. The van der Waals surface area contributed by atoms with E-state index in [1.54, 1.807) is 56.3 Å². The summed E-state index contributed by atoms with van der Waals surface area (Å²) in [4.78, 5) is 32.3. The highest BCUT2D eigenvalue weighted by molar-refractivity contribution is 7.07. The van der Waals surface area contributed by atoms with Crippen molar-refractivity contribution in [1.82, 2.24) is 4.57 Å². The fraction of sp³-hybridized carbons (Fsp3) is 0.333. The van der Waals surface area contributed by atoms with Gasteiger partial charge in [0.05, 0.1) is 48.8 Å². The number of allylic oxidation sites excluding steroid dienone is 1. The van der Waals surface area contributed by atoms with E-state index < -0.39 is 12.0 Å². The second-order valence-corrected chi connectivity index (χ2v) is 10.2. The van der Waals surface area contributed by atoms with Gasteiger partial charge >= 0.3 is 5.97 Å². The van der Waals surface area contributed by atoms with Crippen molar-refractivity contribution in [2.45, 2.75) is 39.8 Å². The Morgan fingerprint density at radius 1 is 1.17 bits per heavy atom. The summed E-state index contributed by atoms with van der Waals surface area (Å²) in [6.45, 7) is 7.24. The molecule has 0 fully saturated rings. The Kier molecular flexibility index (Phi) is 9.14. The summed E-state index contributed by atoms with van der Waals surface area (Å²) in [6.07, 6.45) is 1.59. The third-order valence-corrected chi connectivity index (χ3v) is 7.16. The molecule has 0 amide bonds. The monoisotopic (exact) mass is 577 g/mol. The van der Waals surface area contributed by atoms with E-state index in [2.05, 4.69) is 4.99 Å². The van der Waals surface area contributed by atoms with Crippen molar-refractivity contribution in [3.8, 4) is 29.1 Å². The lowest BCUT2D eigenvalue weighted by Crippen LogP contribution is -2.40. The largest absolute Gasteiger partial charge is 0.493 e. The van der Waals surface area contributed by atoms with Gasteiger partial charge < -0.3 is 23.7 Å². The molecule has 214 valence electrons. The van der Waals surface area contributed by atoms with E-state index in [1.807, 2.05) is 19.9 Å². The highest BCUT2D eigenvalue weighted by Gasteiger charge is 2.34. The minimum absolute atomic E-state index is 0.0803. The van der Waals surface area contributed by atoms with E-state index in [0.717, 1.165) is 0 Å². The van der Waals surface area contributed by atoms with Crippen LogP contribution in [0.15, 0.2) is 57.5 Å². The minimum Gasteiger partial charge on any atom is -0.493 e. The SMILES string of the molecule is CCOC(=O)C1=C(C)N=c2s/c(=C/c3cccc(OC)c3OCC#N)c(=O)n2[C@H]1c1ccc(OC(C)C)c(OC)c1. The Morgan fingerprint density at radius 2 is 1.93 bits per heavy atom. The molecule has 0 unspecified atom stereocenters. The number of fused-ring (bicyclic) bond motifs is 1. The first-order valence-electron chi connectivity index (χ1n) is 12.9. The van der Waals surface area contributed by atoms with Crippen molar-refractivity contribution in [1.29, 1.82) is 5.26 Å². The van der Waals surface area contributed by atoms with Gasteiger partial charge in [0, 0.05) is 5.56 Å².